The largest absolute Gasteiger partial charge is 0.491 e. The lowest BCUT2D eigenvalue weighted by Gasteiger charge is -2.18. The van der Waals surface area contributed by atoms with Crippen LogP contribution in [0.2, 0.25) is 0 Å². The van der Waals surface area contributed by atoms with Gasteiger partial charge < -0.3 is 24.1 Å². The van der Waals surface area contributed by atoms with Crippen molar-refractivity contribution in [2.24, 2.45) is 0 Å². The molecular formula is C29H26N2O11. The Hall–Kier alpha value is -5.14. The first-order valence-electron chi connectivity index (χ1n) is 12.7. The fourth-order valence-corrected chi connectivity index (χ4v) is 3.81. The molecule has 2 aliphatic heterocycles. The number of hydrogen-bond donors (Lipinski definition) is 1. The number of imide groups is 2. The summed E-state index contributed by atoms with van der Waals surface area (Å²) in [4.78, 5) is 72.2. The maximum atomic E-state index is 12.8. The van der Waals surface area contributed by atoms with Crippen LogP contribution in [-0.2, 0) is 33.4 Å². The van der Waals surface area contributed by atoms with Crippen molar-refractivity contribution in [3.8, 4) is 11.5 Å². The molecule has 0 bridgehead atoms. The van der Waals surface area contributed by atoms with Gasteiger partial charge in [0.1, 0.15) is 37.9 Å². The number of aliphatic hydroxyl groups is 1. The average molecular weight is 579 g/mol. The average Bonchev–Trinajstić information content (AvgIpc) is 3.48. The van der Waals surface area contributed by atoms with Crippen LogP contribution in [0, 0.1) is 0 Å². The van der Waals surface area contributed by atoms with Crippen LogP contribution < -0.4 is 9.47 Å². The van der Waals surface area contributed by atoms with Gasteiger partial charge in [0.2, 0.25) is 0 Å². The fourth-order valence-electron chi connectivity index (χ4n) is 3.81. The molecule has 1 N–H and O–H groups in total. The number of aliphatic hydroxyl groups excluding tert-OH is 1. The van der Waals surface area contributed by atoms with Gasteiger partial charge in [-0.1, -0.05) is 0 Å². The van der Waals surface area contributed by atoms with Crippen LogP contribution in [0.15, 0.2) is 72.8 Å². The molecule has 0 spiro atoms. The number of benzene rings is 2. The topological polar surface area (TPSA) is 166 Å². The summed E-state index contributed by atoms with van der Waals surface area (Å²) in [6.45, 7) is -0.739. The van der Waals surface area contributed by atoms with Crippen molar-refractivity contribution in [1.29, 1.82) is 0 Å². The standard InChI is InChI=1S/C29H26N2O11/c32-23-9-10-24(33)30(23)17-27(36)41-15-13-39-21-5-1-19(2-6-21)29(38)20-3-7-22(8-4-20)40-14-16-42-28(37)18-31-25(34)11-12-26(31)35/h1-12,27,36H,13-18H2. The van der Waals surface area contributed by atoms with Crippen LogP contribution in [0.1, 0.15) is 15.9 Å². The van der Waals surface area contributed by atoms with Crippen molar-refractivity contribution in [2.75, 3.05) is 39.5 Å². The molecule has 13 nitrogen and oxygen atoms in total. The number of ketones is 1. The Morgan fingerprint density at radius 1 is 0.643 bits per heavy atom. The molecule has 1 unspecified atom stereocenters. The zero-order valence-electron chi connectivity index (χ0n) is 22.2. The molecule has 2 aromatic rings. The number of β-amino-alcohol motifs (C(OH)–C–C–N with tert-alkyl or cyclic N) is 1. The first-order chi connectivity index (χ1) is 20.2. The van der Waals surface area contributed by atoms with Crippen molar-refractivity contribution in [3.63, 3.8) is 0 Å². The number of carbonyl (C=O) groups is 6. The third-order valence-electron chi connectivity index (χ3n) is 5.94. The van der Waals surface area contributed by atoms with Crippen molar-refractivity contribution >= 4 is 35.4 Å². The molecule has 218 valence electrons. The van der Waals surface area contributed by atoms with Gasteiger partial charge in [0.05, 0.1) is 13.2 Å². The van der Waals surface area contributed by atoms with Crippen LogP contribution in [0.25, 0.3) is 0 Å². The van der Waals surface area contributed by atoms with Gasteiger partial charge in [-0.05, 0) is 48.5 Å². The van der Waals surface area contributed by atoms with Gasteiger partial charge in [-0.15, -0.1) is 0 Å². The summed E-state index contributed by atoms with van der Waals surface area (Å²) in [5.74, 6) is -2.22. The highest BCUT2D eigenvalue weighted by Gasteiger charge is 2.27. The molecule has 2 aromatic carbocycles. The lowest BCUT2D eigenvalue weighted by atomic mass is 10.0. The molecule has 4 rings (SSSR count). The second-order valence-electron chi connectivity index (χ2n) is 8.84. The lowest BCUT2D eigenvalue weighted by Crippen LogP contribution is -2.38. The van der Waals surface area contributed by atoms with Crippen LogP contribution in [-0.4, -0.2) is 96.1 Å². The predicted octanol–water partition coefficient (Wildman–Crippen LogP) is 0.403. The summed E-state index contributed by atoms with van der Waals surface area (Å²) < 4.78 is 21.2. The van der Waals surface area contributed by atoms with Gasteiger partial charge in [-0.25, -0.2) is 0 Å². The molecule has 1 atom stereocenters. The molecule has 0 saturated heterocycles. The summed E-state index contributed by atoms with van der Waals surface area (Å²) in [5.41, 5.74) is 0.844. The molecule has 13 heteroatoms. The zero-order valence-corrected chi connectivity index (χ0v) is 22.2. The van der Waals surface area contributed by atoms with Gasteiger partial charge in [-0.3, -0.25) is 38.6 Å². The molecule has 0 aliphatic carbocycles. The smallest absolute Gasteiger partial charge is 0.326 e. The van der Waals surface area contributed by atoms with E-state index in [-0.39, 0.29) is 38.8 Å². The highest BCUT2D eigenvalue weighted by Crippen LogP contribution is 2.18. The third-order valence-corrected chi connectivity index (χ3v) is 5.94. The van der Waals surface area contributed by atoms with Crippen LogP contribution >= 0.6 is 0 Å². The van der Waals surface area contributed by atoms with Crippen LogP contribution in [0.3, 0.4) is 0 Å². The minimum atomic E-state index is -1.35. The van der Waals surface area contributed by atoms with E-state index in [1.54, 1.807) is 48.5 Å². The quantitative estimate of drug-likeness (QED) is 0.102. The van der Waals surface area contributed by atoms with Gasteiger partial charge in [-0.2, -0.15) is 0 Å². The number of amides is 4. The Morgan fingerprint density at radius 2 is 1.10 bits per heavy atom. The maximum absolute atomic E-state index is 12.8. The first kappa shape index (κ1) is 29.8. The summed E-state index contributed by atoms with van der Waals surface area (Å²) in [7, 11) is 0. The second-order valence-corrected chi connectivity index (χ2v) is 8.84. The van der Waals surface area contributed by atoms with Crippen LogP contribution in [0.4, 0.5) is 0 Å². The second kappa shape index (κ2) is 14.0. The maximum Gasteiger partial charge on any atom is 0.326 e. The Morgan fingerprint density at radius 3 is 1.60 bits per heavy atom. The van der Waals surface area contributed by atoms with E-state index < -0.39 is 42.4 Å². The number of nitrogens with zero attached hydrogens (tertiary/aromatic N) is 2. The number of esters is 1. The lowest BCUT2D eigenvalue weighted by molar-refractivity contribution is -0.152. The molecule has 42 heavy (non-hydrogen) atoms. The Labute approximate surface area is 239 Å². The first-order valence-corrected chi connectivity index (χ1v) is 12.7. The molecule has 0 fully saturated rings. The highest BCUT2D eigenvalue weighted by molar-refractivity contribution is 6.14. The van der Waals surface area contributed by atoms with E-state index in [2.05, 4.69) is 0 Å². The van der Waals surface area contributed by atoms with Gasteiger partial charge in [0.25, 0.3) is 23.6 Å². The summed E-state index contributed by atoms with van der Waals surface area (Å²) in [6.07, 6.45) is 3.05. The van der Waals surface area contributed by atoms with Gasteiger partial charge >= 0.3 is 5.97 Å². The van der Waals surface area contributed by atoms with Crippen molar-refractivity contribution in [1.82, 2.24) is 9.80 Å². The van der Waals surface area contributed by atoms with E-state index in [4.69, 9.17) is 18.9 Å². The number of ether oxygens (including phenoxy) is 4. The minimum absolute atomic E-state index is 0.000680. The Kier molecular flexibility index (Phi) is 9.92. The van der Waals surface area contributed by atoms with Crippen molar-refractivity contribution in [3.05, 3.63) is 84.0 Å². The van der Waals surface area contributed by atoms with Crippen molar-refractivity contribution in [2.45, 2.75) is 6.29 Å². The van der Waals surface area contributed by atoms with E-state index in [1.165, 1.54) is 0 Å². The van der Waals surface area contributed by atoms with E-state index >= 15 is 0 Å². The molecule has 2 heterocycles. The molecule has 0 aromatic heterocycles. The monoisotopic (exact) mass is 578 g/mol. The molecule has 4 amide bonds. The zero-order chi connectivity index (χ0) is 30.1. The predicted molar refractivity (Wildman–Crippen MR) is 142 cm³/mol. The third kappa shape index (κ3) is 7.96. The van der Waals surface area contributed by atoms with Crippen molar-refractivity contribution < 1.29 is 52.8 Å². The molecule has 0 saturated carbocycles. The van der Waals surface area contributed by atoms with E-state index in [1.807, 2.05) is 0 Å². The molecule has 2 aliphatic rings. The summed E-state index contributed by atoms with van der Waals surface area (Å²) >= 11 is 0. The summed E-state index contributed by atoms with van der Waals surface area (Å²) in [6, 6.07) is 12.8. The van der Waals surface area contributed by atoms with E-state index in [0.29, 0.717) is 22.6 Å². The Bertz CT molecular complexity index is 1380. The number of hydrogen-bond acceptors (Lipinski definition) is 11. The van der Waals surface area contributed by atoms with E-state index in [0.717, 1.165) is 34.1 Å². The highest BCUT2D eigenvalue weighted by atomic mass is 16.6. The molecular weight excluding hydrogens is 552 g/mol. The normalized spacial score (nSPS) is 15.0. The number of carbonyl (C=O) groups excluding carboxylic acids is 6. The van der Waals surface area contributed by atoms with Gasteiger partial charge in [0, 0.05) is 35.4 Å². The SMILES string of the molecule is O=C(CN1C(=O)C=CC1=O)OCCOc1ccc(C(=O)c2ccc(OCCOC(O)CN3C(=O)C=CC3=O)cc2)cc1. The van der Waals surface area contributed by atoms with Gasteiger partial charge in [0.15, 0.2) is 12.1 Å². The number of rotatable bonds is 15. The molecule has 0 radical (unpaired) electrons. The fraction of sp³-hybridized carbons (Fsp3) is 0.241. The van der Waals surface area contributed by atoms with Crippen LogP contribution in [0.5, 0.6) is 11.5 Å². The van der Waals surface area contributed by atoms with E-state index in [9.17, 15) is 33.9 Å². The summed E-state index contributed by atoms with van der Waals surface area (Å²) in [5, 5.41) is 9.86. The minimum Gasteiger partial charge on any atom is -0.491 e. The Balaban J connectivity index is 1.13.